The summed E-state index contributed by atoms with van der Waals surface area (Å²) in [6, 6.07) is 0. The molecule has 0 saturated carbocycles. The normalized spacial score (nSPS) is 24.6. The quantitative estimate of drug-likeness (QED) is 0.712. The van der Waals surface area contributed by atoms with Crippen LogP contribution in [-0.4, -0.2) is 36.5 Å². The van der Waals surface area contributed by atoms with Crippen molar-refractivity contribution >= 4 is 6.29 Å². The Morgan fingerprint density at radius 1 is 1.50 bits per heavy atom. The van der Waals surface area contributed by atoms with Crippen molar-refractivity contribution in [2.45, 2.75) is 71.4 Å². The van der Waals surface area contributed by atoms with Crippen molar-refractivity contribution in [1.82, 2.24) is 0 Å². The smallest absolute Gasteiger partial charge is 0.157 e. The van der Waals surface area contributed by atoms with Gasteiger partial charge in [0.1, 0.15) is 6.29 Å². The third-order valence-corrected chi connectivity index (χ3v) is 3.84. The minimum atomic E-state index is -0.481. The van der Waals surface area contributed by atoms with Crippen molar-refractivity contribution in [3.8, 4) is 0 Å². The number of carbonyl (C=O) groups excluding carboxylic acids is 1. The van der Waals surface area contributed by atoms with Crippen LogP contribution in [0.25, 0.3) is 0 Å². The summed E-state index contributed by atoms with van der Waals surface area (Å²) < 4.78 is 11.4. The van der Waals surface area contributed by atoms with E-state index < -0.39 is 11.5 Å². The Hall–Kier alpha value is -0.450. The molecule has 4 nitrogen and oxygen atoms in total. The third kappa shape index (κ3) is 4.04. The molecule has 1 rings (SSSR count). The topological polar surface area (TPSA) is 55.8 Å². The summed E-state index contributed by atoms with van der Waals surface area (Å²) in [5.74, 6) is 0. The number of rotatable bonds is 7. The van der Waals surface area contributed by atoms with Gasteiger partial charge in [0.2, 0.25) is 0 Å². The molecule has 0 aromatic carbocycles. The number of carbonyl (C=O) groups is 1. The van der Waals surface area contributed by atoms with Crippen LogP contribution in [0.5, 0.6) is 0 Å². The molecule has 1 unspecified atom stereocenters. The fourth-order valence-corrected chi connectivity index (χ4v) is 2.36. The Morgan fingerprint density at radius 2 is 2.22 bits per heavy atom. The minimum Gasteiger partial charge on any atom is -0.392 e. The van der Waals surface area contributed by atoms with Gasteiger partial charge in [0.05, 0.1) is 12.2 Å². The van der Waals surface area contributed by atoms with Crippen LogP contribution in [0.15, 0.2) is 0 Å². The molecule has 0 radical (unpaired) electrons. The second kappa shape index (κ2) is 7.22. The van der Waals surface area contributed by atoms with Gasteiger partial charge in [-0.1, -0.05) is 20.8 Å². The first-order valence-corrected chi connectivity index (χ1v) is 6.91. The number of hydrogen-bond donors (Lipinski definition) is 1. The van der Waals surface area contributed by atoms with Crippen molar-refractivity contribution in [2.75, 3.05) is 6.61 Å². The number of aliphatic hydroxyl groups is 1. The zero-order valence-corrected chi connectivity index (χ0v) is 11.7. The van der Waals surface area contributed by atoms with Crippen molar-refractivity contribution in [2.24, 2.45) is 5.41 Å². The lowest BCUT2D eigenvalue weighted by atomic mass is 9.78. The van der Waals surface area contributed by atoms with E-state index in [4.69, 9.17) is 9.47 Å². The molecule has 18 heavy (non-hydrogen) atoms. The van der Waals surface area contributed by atoms with Crippen LogP contribution >= 0.6 is 0 Å². The lowest BCUT2D eigenvalue weighted by molar-refractivity contribution is -0.220. The first-order chi connectivity index (χ1) is 8.52. The maximum atomic E-state index is 10.8. The van der Waals surface area contributed by atoms with E-state index in [1.807, 2.05) is 20.8 Å². The molecule has 1 saturated heterocycles. The molecular weight excluding hydrogens is 232 g/mol. The van der Waals surface area contributed by atoms with Gasteiger partial charge in [0.25, 0.3) is 0 Å². The van der Waals surface area contributed by atoms with E-state index >= 15 is 0 Å². The van der Waals surface area contributed by atoms with Gasteiger partial charge in [-0.3, -0.25) is 0 Å². The van der Waals surface area contributed by atoms with Gasteiger partial charge in [-0.05, 0) is 25.7 Å². The van der Waals surface area contributed by atoms with Crippen LogP contribution in [0.4, 0.5) is 0 Å². The molecule has 0 aromatic heterocycles. The first kappa shape index (κ1) is 15.6. The average Bonchev–Trinajstić information content (AvgIpc) is 2.38. The average molecular weight is 258 g/mol. The number of ether oxygens (including phenoxy) is 2. The lowest BCUT2D eigenvalue weighted by Gasteiger charge is -2.39. The maximum absolute atomic E-state index is 10.8. The molecule has 3 atom stereocenters. The van der Waals surface area contributed by atoms with E-state index in [0.29, 0.717) is 12.8 Å². The fraction of sp³-hybridized carbons (Fsp3) is 0.929. The van der Waals surface area contributed by atoms with Gasteiger partial charge in [-0.25, -0.2) is 0 Å². The van der Waals surface area contributed by atoms with Gasteiger partial charge >= 0.3 is 0 Å². The maximum Gasteiger partial charge on any atom is 0.157 e. The molecule has 1 aliphatic rings. The minimum absolute atomic E-state index is 0.230. The molecule has 0 spiro atoms. The molecule has 1 N–H and O–H groups in total. The standard InChI is InChI=1S/C14H26O4/c1-4-11(16)14(2,3)12(8-9-15)18-13-7-5-6-10-17-13/h9,11-13,16H,4-8,10H2,1-3H3/t11-,12-,13?/m0/s1. The molecule has 0 amide bonds. The number of aliphatic hydroxyl groups excluding tert-OH is 1. The Kier molecular flexibility index (Phi) is 6.26. The highest BCUT2D eigenvalue weighted by Gasteiger charge is 2.38. The number of aldehydes is 1. The van der Waals surface area contributed by atoms with Gasteiger partial charge in [-0.15, -0.1) is 0 Å². The van der Waals surface area contributed by atoms with E-state index in [-0.39, 0.29) is 12.4 Å². The third-order valence-electron chi connectivity index (χ3n) is 3.84. The Balaban J connectivity index is 2.64. The molecule has 0 bridgehead atoms. The van der Waals surface area contributed by atoms with E-state index in [9.17, 15) is 9.90 Å². The monoisotopic (exact) mass is 258 g/mol. The van der Waals surface area contributed by atoms with Crippen LogP contribution in [0.2, 0.25) is 0 Å². The summed E-state index contributed by atoms with van der Waals surface area (Å²) in [7, 11) is 0. The largest absolute Gasteiger partial charge is 0.392 e. The predicted molar refractivity (Wildman–Crippen MR) is 69.2 cm³/mol. The van der Waals surface area contributed by atoms with Gasteiger partial charge < -0.3 is 19.4 Å². The summed E-state index contributed by atoms with van der Waals surface area (Å²) in [6.07, 6.45) is 3.83. The van der Waals surface area contributed by atoms with Gasteiger partial charge in [-0.2, -0.15) is 0 Å². The predicted octanol–water partition coefficient (Wildman–Crippen LogP) is 2.28. The van der Waals surface area contributed by atoms with E-state index in [2.05, 4.69) is 0 Å². The van der Waals surface area contributed by atoms with Crippen LogP contribution in [0.1, 0.15) is 52.9 Å². The highest BCUT2D eigenvalue weighted by Crippen LogP contribution is 2.33. The molecule has 1 aliphatic heterocycles. The Bertz CT molecular complexity index is 246. The molecule has 0 aromatic rings. The molecule has 4 heteroatoms. The summed E-state index contributed by atoms with van der Waals surface area (Å²) in [5.41, 5.74) is -0.448. The van der Waals surface area contributed by atoms with E-state index in [0.717, 1.165) is 32.2 Å². The summed E-state index contributed by atoms with van der Waals surface area (Å²) in [6.45, 7) is 6.53. The van der Waals surface area contributed by atoms with Crippen LogP contribution < -0.4 is 0 Å². The fourth-order valence-electron chi connectivity index (χ4n) is 2.36. The SMILES string of the molecule is CC[C@H](O)C(C)(C)[C@H](CC=O)OC1CCCCO1. The molecule has 0 aliphatic carbocycles. The van der Waals surface area contributed by atoms with E-state index in [1.165, 1.54) is 0 Å². The molecule has 1 fully saturated rings. The van der Waals surface area contributed by atoms with Crippen LogP contribution in [0.3, 0.4) is 0 Å². The van der Waals surface area contributed by atoms with E-state index in [1.54, 1.807) is 0 Å². The second-order valence-electron chi connectivity index (χ2n) is 5.57. The molecular formula is C14H26O4. The highest BCUT2D eigenvalue weighted by atomic mass is 16.7. The van der Waals surface area contributed by atoms with Crippen molar-refractivity contribution in [3.63, 3.8) is 0 Å². The zero-order valence-electron chi connectivity index (χ0n) is 11.7. The molecule has 106 valence electrons. The Morgan fingerprint density at radius 3 is 2.72 bits per heavy atom. The zero-order chi connectivity index (χ0) is 13.6. The second-order valence-corrected chi connectivity index (χ2v) is 5.57. The van der Waals surface area contributed by atoms with Gasteiger partial charge in [0.15, 0.2) is 6.29 Å². The summed E-state index contributed by atoms with van der Waals surface area (Å²) in [4.78, 5) is 10.8. The first-order valence-electron chi connectivity index (χ1n) is 6.91. The van der Waals surface area contributed by atoms with Crippen LogP contribution in [0, 0.1) is 5.41 Å². The lowest BCUT2D eigenvalue weighted by Crippen LogP contribution is -2.44. The highest BCUT2D eigenvalue weighted by molar-refractivity contribution is 5.50. The van der Waals surface area contributed by atoms with Crippen LogP contribution in [-0.2, 0) is 14.3 Å². The Labute approximate surface area is 110 Å². The van der Waals surface area contributed by atoms with Gasteiger partial charge in [0, 0.05) is 18.4 Å². The van der Waals surface area contributed by atoms with Crippen molar-refractivity contribution in [1.29, 1.82) is 0 Å². The summed E-state index contributed by atoms with van der Waals surface area (Å²) >= 11 is 0. The van der Waals surface area contributed by atoms with Crippen molar-refractivity contribution < 1.29 is 19.4 Å². The number of hydrogen-bond acceptors (Lipinski definition) is 4. The summed E-state index contributed by atoms with van der Waals surface area (Å²) in [5, 5.41) is 10.1. The molecule has 1 heterocycles. The van der Waals surface area contributed by atoms with Crippen molar-refractivity contribution in [3.05, 3.63) is 0 Å².